The Labute approximate surface area is 111 Å². The van der Waals surface area contributed by atoms with Gasteiger partial charge in [-0.25, -0.2) is 9.78 Å². The summed E-state index contributed by atoms with van der Waals surface area (Å²) in [5.74, 6) is -0.520. The van der Waals surface area contributed by atoms with Gasteiger partial charge >= 0.3 is 5.97 Å². The lowest BCUT2D eigenvalue weighted by molar-refractivity contribution is -0.385. The maximum Gasteiger partial charge on any atom is 0.346 e. The zero-order valence-corrected chi connectivity index (χ0v) is 10.5. The number of nitro groups is 1. The molecule has 0 aliphatic carbocycles. The van der Waals surface area contributed by atoms with Crippen LogP contribution in [0.2, 0.25) is 0 Å². The van der Waals surface area contributed by atoms with Gasteiger partial charge in [-0.1, -0.05) is 0 Å². The Morgan fingerprint density at radius 2 is 2.26 bits per heavy atom. The van der Waals surface area contributed by atoms with Crippen molar-refractivity contribution in [1.82, 2.24) is 4.98 Å². The van der Waals surface area contributed by atoms with Crippen molar-refractivity contribution in [2.24, 2.45) is 0 Å². The molecule has 0 aromatic carbocycles. The molecule has 2 aromatic rings. The van der Waals surface area contributed by atoms with Crippen LogP contribution in [0.3, 0.4) is 0 Å². The Bertz CT molecular complexity index is 652. The van der Waals surface area contributed by atoms with E-state index in [1.165, 1.54) is 17.5 Å². The summed E-state index contributed by atoms with van der Waals surface area (Å²) in [7, 11) is 0. The van der Waals surface area contributed by atoms with Gasteiger partial charge in [-0.2, -0.15) is 0 Å². The third-order valence-corrected chi connectivity index (χ3v) is 3.16. The molecule has 0 aliphatic rings. The molecule has 0 aliphatic heterocycles. The van der Waals surface area contributed by atoms with E-state index in [4.69, 9.17) is 9.84 Å². The van der Waals surface area contributed by atoms with E-state index >= 15 is 0 Å². The average molecular weight is 280 g/mol. The highest BCUT2D eigenvalue weighted by Gasteiger charge is 2.13. The van der Waals surface area contributed by atoms with Gasteiger partial charge in [0.2, 0.25) is 5.88 Å². The molecule has 0 bridgehead atoms. The van der Waals surface area contributed by atoms with E-state index in [0.717, 1.165) is 17.5 Å². The van der Waals surface area contributed by atoms with E-state index < -0.39 is 10.9 Å². The van der Waals surface area contributed by atoms with Crippen LogP contribution in [-0.4, -0.2) is 21.0 Å². The number of nitrogens with zero attached hydrogens (tertiary/aromatic N) is 2. The summed E-state index contributed by atoms with van der Waals surface area (Å²) in [5, 5.41) is 20.9. The fraction of sp³-hybridized carbons (Fsp3) is 0.0909. The average Bonchev–Trinajstić information content (AvgIpc) is 2.77. The molecule has 1 N–H and O–H groups in total. The molecule has 2 heterocycles. The first-order chi connectivity index (χ1) is 8.97. The molecular formula is C11H8N2O5S. The Kier molecular flexibility index (Phi) is 3.43. The lowest BCUT2D eigenvalue weighted by atomic mass is 10.2. The van der Waals surface area contributed by atoms with E-state index in [9.17, 15) is 14.9 Å². The van der Waals surface area contributed by atoms with Crippen LogP contribution >= 0.6 is 11.3 Å². The predicted octanol–water partition coefficient (Wildman–Crippen LogP) is 2.85. The van der Waals surface area contributed by atoms with Crippen molar-refractivity contribution in [2.75, 3.05) is 0 Å². The summed E-state index contributed by atoms with van der Waals surface area (Å²) in [5.41, 5.74) is 0.326. The van der Waals surface area contributed by atoms with E-state index in [1.54, 1.807) is 6.92 Å². The number of aryl methyl sites for hydroxylation is 1. The summed E-state index contributed by atoms with van der Waals surface area (Å²) < 4.78 is 5.34. The zero-order chi connectivity index (χ0) is 14.0. The third-order valence-electron chi connectivity index (χ3n) is 2.26. The minimum Gasteiger partial charge on any atom is -0.477 e. The number of hydrogen-bond acceptors (Lipinski definition) is 6. The van der Waals surface area contributed by atoms with Gasteiger partial charge in [0.15, 0.2) is 0 Å². The van der Waals surface area contributed by atoms with Crippen LogP contribution in [0.25, 0.3) is 0 Å². The number of hydrogen-bond donors (Lipinski definition) is 1. The largest absolute Gasteiger partial charge is 0.477 e. The Hall–Kier alpha value is -2.48. The first-order valence-corrected chi connectivity index (χ1v) is 5.96. The second-order valence-electron chi connectivity index (χ2n) is 3.62. The first kappa shape index (κ1) is 13.0. The normalized spacial score (nSPS) is 10.2. The second-order valence-corrected chi connectivity index (χ2v) is 4.53. The highest BCUT2D eigenvalue weighted by molar-refractivity contribution is 7.12. The maximum absolute atomic E-state index is 10.7. The summed E-state index contributed by atoms with van der Waals surface area (Å²) in [6.45, 7) is 1.57. The lowest BCUT2D eigenvalue weighted by Gasteiger charge is -2.03. The molecule has 2 aromatic heterocycles. The summed E-state index contributed by atoms with van der Waals surface area (Å²) in [6.07, 6.45) is 1.11. The number of carboxylic acid groups (broad SMARTS) is 1. The van der Waals surface area contributed by atoms with Gasteiger partial charge in [0.25, 0.3) is 5.69 Å². The fourth-order valence-electron chi connectivity index (χ4n) is 1.38. The zero-order valence-electron chi connectivity index (χ0n) is 9.69. The van der Waals surface area contributed by atoms with Gasteiger partial charge < -0.3 is 9.84 Å². The Morgan fingerprint density at radius 1 is 1.53 bits per heavy atom. The molecule has 19 heavy (non-hydrogen) atoms. The molecule has 98 valence electrons. The number of aromatic nitrogens is 1. The van der Waals surface area contributed by atoms with E-state index in [1.807, 2.05) is 0 Å². The van der Waals surface area contributed by atoms with Crippen LogP contribution in [0.5, 0.6) is 11.6 Å². The van der Waals surface area contributed by atoms with Crippen LogP contribution in [0.15, 0.2) is 23.7 Å². The SMILES string of the molecule is Cc1cc(Oc2csc(C(=O)O)c2)ncc1[N+](=O)[O-]. The predicted molar refractivity (Wildman–Crippen MR) is 67.0 cm³/mol. The molecule has 0 unspecified atom stereocenters. The van der Waals surface area contributed by atoms with Crippen molar-refractivity contribution < 1.29 is 19.6 Å². The number of pyridine rings is 1. The van der Waals surface area contributed by atoms with Crippen LogP contribution in [0.4, 0.5) is 5.69 Å². The molecule has 0 saturated carbocycles. The topological polar surface area (TPSA) is 103 Å². The number of rotatable bonds is 4. The van der Waals surface area contributed by atoms with Crippen molar-refractivity contribution in [2.45, 2.75) is 6.92 Å². The molecule has 0 fully saturated rings. The quantitative estimate of drug-likeness (QED) is 0.682. The monoisotopic (exact) mass is 280 g/mol. The Balaban J connectivity index is 2.21. The van der Waals surface area contributed by atoms with Crippen molar-refractivity contribution >= 4 is 23.0 Å². The number of ether oxygens (including phenoxy) is 1. The van der Waals surface area contributed by atoms with Gasteiger partial charge in [-0.15, -0.1) is 11.3 Å². The van der Waals surface area contributed by atoms with Crippen LogP contribution in [-0.2, 0) is 0 Å². The van der Waals surface area contributed by atoms with Crippen molar-refractivity contribution in [3.63, 3.8) is 0 Å². The molecule has 0 amide bonds. The van der Waals surface area contributed by atoms with Gasteiger partial charge in [0, 0.05) is 23.1 Å². The van der Waals surface area contributed by atoms with E-state index in [-0.39, 0.29) is 16.4 Å². The first-order valence-electron chi connectivity index (χ1n) is 5.08. The molecule has 0 atom stereocenters. The molecule has 7 nitrogen and oxygen atoms in total. The summed E-state index contributed by atoms with van der Waals surface area (Å²) >= 11 is 1.03. The van der Waals surface area contributed by atoms with Gasteiger partial charge in [-0.3, -0.25) is 10.1 Å². The summed E-state index contributed by atoms with van der Waals surface area (Å²) in [4.78, 5) is 24.8. The standard InChI is InChI=1S/C11H8N2O5S/c1-6-2-10(12-4-8(6)13(16)17)18-7-3-9(11(14)15)19-5-7/h2-5H,1H3,(H,14,15). The van der Waals surface area contributed by atoms with Gasteiger partial charge in [0.05, 0.1) is 4.92 Å². The van der Waals surface area contributed by atoms with E-state index in [0.29, 0.717) is 11.3 Å². The molecule has 0 spiro atoms. The minimum atomic E-state index is -1.03. The smallest absolute Gasteiger partial charge is 0.346 e. The molecule has 2 rings (SSSR count). The minimum absolute atomic E-state index is 0.0936. The molecule has 8 heteroatoms. The molecule has 0 saturated heterocycles. The van der Waals surface area contributed by atoms with Crippen LogP contribution < -0.4 is 4.74 Å². The second kappa shape index (κ2) is 5.02. The fourth-order valence-corrected chi connectivity index (χ4v) is 2.02. The lowest BCUT2D eigenvalue weighted by Crippen LogP contribution is -1.95. The van der Waals surface area contributed by atoms with Crippen LogP contribution in [0.1, 0.15) is 15.2 Å². The molecule has 0 radical (unpaired) electrons. The highest BCUT2D eigenvalue weighted by Crippen LogP contribution is 2.28. The maximum atomic E-state index is 10.7. The third kappa shape index (κ3) is 2.86. The Morgan fingerprint density at radius 3 is 2.79 bits per heavy atom. The highest BCUT2D eigenvalue weighted by atomic mass is 32.1. The van der Waals surface area contributed by atoms with Crippen LogP contribution in [0, 0.1) is 17.0 Å². The number of thiophene rings is 1. The number of carboxylic acids is 1. The summed E-state index contributed by atoms with van der Waals surface area (Å²) in [6, 6.07) is 2.79. The van der Waals surface area contributed by atoms with Gasteiger partial charge in [0.1, 0.15) is 16.8 Å². The number of carbonyl (C=O) groups is 1. The van der Waals surface area contributed by atoms with Crippen molar-refractivity contribution in [3.8, 4) is 11.6 Å². The molecular weight excluding hydrogens is 272 g/mol. The number of aromatic carboxylic acids is 1. The van der Waals surface area contributed by atoms with Gasteiger partial charge in [-0.05, 0) is 6.92 Å². The van der Waals surface area contributed by atoms with Crippen molar-refractivity contribution in [3.05, 3.63) is 44.3 Å². The van der Waals surface area contributed by atoms with E-state index in [2.05, 4.69) is 4.98 Å². The van der Waals surface area contributed by atoms with Crippen molar-refractivity contribution in [1.29, 1.82) is 0 Å².